The number of aliphatic hydroxyl groups is 1. The van der Waals surface area contributed by atoms with E-state index in [1.54, 1.807) is 0 Å². The molecule has 7 nitrogen and oxygen atoms in total. The SMILES string of the molecule is N[C@H](CCC[C@H](N)[C@H](O)CC(=O)O)C(=O)O. The van der Waals surface area contributed by atoms with Gasteiger partial charge in [0.15, 0.2) is 0 Å². The molecule has 0 radical (unpaired) electrons. The zero-order chi connectivity index (χ0) is 12.7. The molecule has 0 aromatic carbocycles. The Labute approximate surface area is 93.0 Å². The van der Waals surface area contributed by atoms with E-state index in [2.05, 4.69) is 0 Å². The molecular weight excluding hydrogens is 216 g/mol. The maximum Gasteiger partial charge on any atom is 0.320 e. The van der Waals surface area contributed by atoms with Crippen LogP contribution in [0.5, 0.6) is 0 Å². The molecule has 94 valence electrons. The highest BCUT2D eigenvalue weighted by Gasteiger charge is 2.18. The van der Waals surface area contributed by atoms with Crippen LogP contribution in [-0.2, 0) is 9.59 Å². The number of hydrogen-bond acceptors (Lipinski definition) is 5. The molecule has 0 bridgehead atoms. The molecule has 0 aliphatic rings. The largest absolute Gasteiger partial charge is 0.481 e. The summed E-state index contributed by atoms with van der Waals surface area (Å²) in [7, 11) is 0. The third-order valence-electron chi connectivity index (χ3n) is 2.25. The van der Waals surface area contributed by atoms with Crippen LogP contribution in [0.15, 0.2) is 0 Å². The van der Waals surface area contributed by atoms with Gasteiger partial charge in [0.2, 0.25) is 0 Å². The lowest BCUT2D eigenvalue weighted by Crippen LogP contribution is -2.37. The van der Waals surface area contributed by atoms with Crippen molar-refractivity contribution in [3.05, 3.63) is 0 Å². The average molecular weight is 234 g/mol. The van der Waals surface area contributed by atoms with Gasteiger partial charge in [0.25, 0.3) is 0 Å². The Morgan fingerprint density at radius 1 is 1.12 bits per heavy atom. The van der Waals surface area contributed by atoms with Crippen LogP contribution < -0.4 is 11.5 Å². The Balaban J connectivity index is 3.76. The van der Waals surface area contributed by atoms with E-state index in [0.29, 0.717) is 12.8 Å². The van der Waals surface area contributed by atoms with E-state index in [1.807, 2.05) is 0 Å². The fourth-order valence-corrected chi connectivity index (χ4v) is 1.22. The third kappa shape index (κ3) is 6.33. The Morgan fingerprint density at radius 3 is 2.12 bits per heavy atom. The molecule has 0 saturated carbocycles. The summed E-state index contributed by atoms with van der Waals surface area (Å²) in [5, 5.41) is 26.2. The summed E-state index contributed by atoms with van der Waals surface area (Å²) in [6.07, 6.45) is -0.492. The molecule has 0 unspecified atom stereocenters. The fraction of sp³-hybridized carbons (Fsp3) is 0.778. The van der Waals surface area contributed by atoms with Gasteiger partial charge in [0.1, 0.15) is 6.04 Å². The second-order valence-corrected chi connectivity index (χ2v) is 3.70. The van der Waals surface area contributed by atoms with Crippen molar-refractivity contribution in [3.8, 4) is 0 Å². The van der Waals surface area contributed by atoms with Gasteiger partial charge in [-0.15, -0.1) is 0 Å². The van der Waals surface area contributed by atoms with Crippen LogP contribution in [0.1, 0.15) is 25.7 Å². The zero-order valence-electron chi connectivity index (χ0n) is 8.87. The van der Waals surface area contributed by atoms with Gasteiger partial charge in [0, 0.05) is 6.04 Å². The topological polar surface area (TPSA) is 147 Å². The third-order valence-corrected chi connectivity index (χ3v) is 2.25. The Bertz CT molecular complexity index is 246. The van der Waals surface area contributed by atoms with Gasteiger partial charge in [-0.3, -0.25) is 9.59 Å². The molecule has 7 N–H and O–H groups in total. The fourth-order valence-electron chi connectivity index (χ4n) is 1.22. The number of aliphatic carboxylic acids is 2. The summed E-state index contributed by atoms with van der Waals surface area (Å²) >= 11 is 0. The van der Waals surface area contributed by atoms with E-state index in [9.17, 15) is 14.7 Å². The molecule has 16 heavy (non-hydrogen) atoms. The molecule has 7 heteroatoms. The lowest BCUT2D eigenvalue weighted by Gasteiger charge is -2.17. The first kappa shape index (κ1) is 14.8. The van der Waals surface area contributed by atoms with Crippen LogP contribution in [0.4, 0.5) is 0 Å². The lowest BCUT2D eigenvalue weighted by atomic mass is 10.0. The van der Waals surface area contributed by atoms with Crippen molar-refractivity contribution in [3.63, 3.8) is 0 Å². The van der Waals surface area contributed by atoms with Crippen molar-refractivity contribution in [1.82, 2.24) is 0 Å². The molecule has 0 rings (SSSR count). The first-order chi connectivity index (χ1) is 7.34. The molecule has 0 spiro atoms. The molecular formula is C9H18N2O5. The first-order valence-corrected chi connectivity index (χ1v) is 4.98. The van der Waals surface area contributed by atoms with Crippen LogP contribution in [0.25, 0.3) is 0 Å². The van der Waals surface area contributed by atoms with Gasteiger partial charge >= 0.3 is 11.9 Å². The molecule has 0 aromatic heterocycles. The minimum atomic E-state index is -1.12. The maximum atomic E-state index is 10.4. The summed E-state index contributed by atoms with van der Waals surface area (Å²) in [6.45, 7) is 0. The van der Waals surface area contributed by atoms with Crippen molar-refractivity contribution in [2.45, 2.75) is 43.9 Å². The van der Waals surface area contributed by atoms with Crippen molar-refractivity contribution < 1.29 is 24.9 Å². The van der Waals surface area contributed by atoms with Gasteiger partial charge in [-0.2, -0.15) is 0 Å². The average Bonchev–Trinajstić information content (AvgIpc) is 2.15. The van der Waals surface area contributed by atoms with E-state index >= 15 is 0 Å². The second kappa shape index (κ2) is 7.15. The molecule has 0 aliphatic heterocycles. The van der Waals surface area contributed by atoms with Crippen LogP contribution in [0.2, 0.25) is 0 Å². The minimum absolute atomic E-state index is 0.253. The highest BCUT2D eigenvalue weighted by atomic mass is 16.4. The smallest absolute Gasteiger partial charge is 0.320 e. The highest BCUT2D eigenvalue weighted by Crippen LogP contribution is 2.07. The van der Waals surface area contributed by atoms with E-state index in [1.165, 1.54) is 0 Å². The van der Waals surface area contributed by atoms with E-state index in [-0.39, 0.29) is 6.42 Å². The standard InChI is InChI=1S/C9H18N2O5/c10-5(7(12)4-8(13)14)2-1-3-6(11)9(15)16/h5-7,12H,1-4,10-11H2,(H,13,14)(H,15,16)/t5-,6+,7+/m0/s1. The van der Waals surface area contributed by atoms with E-state index < -0.39 is 36.5 Å². The Hall–Kier alpha value is -1.18. The number of nitrogens with two attached hydrogens (primary N) is 2. The summed E-state index contributed by atoms with van der Waals surface area (Å²) in [5.74, 6) is -2.20. The normalized spacial score (nSPS) is 16.4. The van der Waals surface area contributed by atoms with Gasteiger partial charge < -0.3 is 26.8 Å². The number of carboxylic acids is 2. The number of rotatable bonds is 8. The van der Waals surface area contributed by atoms with Gasteiger partial charge in [-0.25, -0.2) is 0 Å². The summed E-state index contributed by atoms with van der Waals surface area (Å²) < 4.78 is 0. The summed E-state index contributed by atoms with van der Waals surface area (Å²) in [5.41, 5.74) is 10.8. The van der Waals surface area contributed by atoms with Crippen molar-refractivity contribution >= 4 is 11.9 Å². The van der Waals surface area contributed by atoms with Crippen LogP contribution in [0, 0.1) is 0 Å². The van der Waals surface area contributed by atoms with Gasteiger partial charge in [0.05, 0.1) is 12.5 Å². The summed E-state index contributed by atoms with van der Waals surface area (Å²) in [4.78, 5) is 20.6. The summed E-state index contributed by atoms with van der Waals surface area (Å²) in [6, 6.07) is -1.61. The lowest BCUT2D eigenvalue weighted by molar-refractivity contribution is -0.140. The predicted molar refractivity (Wildman–Crippen MR) is 55.7 cm³/mol. The quantitative estimate of drug-likeness (QED) is 0.352. The van der Waals surface area contributed by atoms with E-state index in [0.717, 1.165) is 0 Å². The molecule has 0 heterocycles. The molecule has 0 saturated heterocycles. The number of carbonyl (C=O) groups is 2. The number of aliphatic hydroxyl groups excluding tert-OH is 1. The highest BCUT2D eigenvalue weighted by molar-refractivity contribution is 5.72. The molecule has 0 aromatic rings. The van der Waals surface area contributed by atoms with Gasteiger partial charge in [-0.1, -0.05) is 0 Å². The monoisotopic (exact) mass is 234 g/mol. The zero-order valence-corrected chi connectivity index (χ0v) is 8.87. The van der Waals surface area contributed by atoms with Gasteiger partial charge in [-0.05, 0) is 19.3 Å². The Morgan fingerprint density at radius 2 is 1.69 bits per heavy atom. The molecule has 3 atom stereocenters. The minimum Gasteiger partial charge on any atom is -0.481 e. The second-order valence-electron chi connectivity index (χ2n) is 3.70. The molecule has 0 fully saturated rings. The predicted octanol–water partition coefficient (Wildman–Crippen LogP) is -1.27. The first-order valence-electron chi connectivity index (χ1n) is 4.98. The maximum absolute atomic E-state index is 10.4. The molecule has 0 aliphatic carbocycles. The van der Waals surface area contributed by atoms with Crippen molar-refractivity contribution in [2.24, 2.45) is 11.5 Å². The number of hydrogen-bond donors (Lipinski definition) is 5. The van der Waals surface area contributed by atoms with Crippen molar-refractivity contribution in [1.29, 1.82) is 0 Å². The van der Waals surface area contributed by atoms with E-state index in [4.69, 9.17) is 21.7 Å². The van der Waals surface area contributed by atoms with Crippen molar-refractivity contribution in [2.75, 3.05) is 0 Å². The number of carboxylic acid groups (broad SMARTS) is 2. The Kier molecular flexibility index (Phi) is 6.63. The van der Waals surface area contributed by atoms with Crippen LogP contribution in [-0.4, -0.2) is 45.4 Å². The molecule has 0 amide bonds. The van der Waals surface area contributed by atoms with Crippen LogP contribution in [0.3, 0.4) is 0 Å². The van der Waals surface area contributed by atoms with Crippen LogP contribution >= 0.6 is 0 Å².